The maximum Gasteiger partial charge on any atom is 0.472 e. The highest BCUT2D eigenvalue weighted by Crippen LogP contribution is 2.43. The fourth-order valence-corrected chi connectivity index (χ4v) is 8.71. The lowest BCUT2D eigenvalue weighted by atomic mass is 10.0. The predicted molar refractivity (Wildman–Crippen MR) is 269 cm³/mol. The number of hydrogen-bond acceptors (Lipinski definition) is 7. The number of amides is 1. The third-order valence-electron chi connectivity index (χ3n) is 12.0. The quantitative estimate of drug-likeness (QED) is 0.0230. The summed E-state index contributed by atoms with van der Waals surface area (Å²) >= 11 is 0. The number of unbranched alkanes of at least 4 members (excludes halogenated alkanes) is 32. The molecule has 372 valence electrons. The van der Waals surface area contributed by atoms with Gasteiger partial charge in [-0.1, -0.05) is 230 Å². The van der Waals surface area contributed by atoms with Crippen LogP contribution in [0.15, 0.2) is 36.5 Å². The van der Waals surface area contributed by atoms with Crippen molar-refractivity contribution in [1.82, 2.24) is 5.32 Å². The zero-order chi connectivity index (χ0) is 46.2. The third kappa shape index (κ3) is 47.0. The minimum Gasteiger partial charge on any atom is -0.393 e. The number of nitrogens with two attached hydrogens (primary N) is 1. The highest BCUT2D eigenvalue weighted by Gasteiger charge is 2.27. The lowest BCUT2D eigenvalue weighted by Gasteiger charge is -2.24. The van der Waals surface area contributed by atoms with E-state index in [-0.39, 0.29) is 19.6 Å². The second-order valence-electron chi connectivity index (χ2n) is 18.3. The molecular formula is C53H103N2O7P. The molecule has 4 unspecified atom stereocenters. The van der Waals surface area contributed by atoms with Gasteiger partial charge in [0.15, 0.2) is 0 Å². The van der Waals surface area contributed by atoms with E-state index in [1.165, 1.54) is 180 Å². The molecule has 63 heavy (non-hydrogen) atoms. The number of hydrogen-bond donors (Lipinski definition) is 5. The first-order valence-corrected chi connectivity index (χ1v) is 28.2. The molecule has 0 fully saturated rings. The van der Waals surface area contributed by atoms with Crippen LogP contribution in [-0.4, -0.2) is 59.0 Å². The zero-order valence-electron chi connectivity index (χ0n) is 41.2. The summed E-state index contributed by atoms with van der Waals surface area (Å²) in [7, 11) is -4.42. The predicted octanol–water partition coefficient (Wildman–Crippen LogP) is 14.8. The largest absolute Gasteiger partial charge is 0.472 e. The van der Waals surface area contributed by atoms with Gasteiger partial charge in [-0.05, 0) is 57.8 Å². The standard InChI is InChI=1S/C53H103N2O7P/c1-3-5-7-9-11-13-15-17-19-21-23-25-27-29-31-33-35-37-39-41-43-45-52(57)51(49-62-63(59,60)61-47-46-54)55-53(58)48-50(56)44-42-40-38-36-34-32-30-28-26-24-22-20-18-16-14-12-10-8-6-4-2/h28,30,35,37,43,45,50-52,56-57H,3-27,29,31-34,36,38-42,44,46-49,54H2,1-2H3,(H,55,58)(H,59,60)/b30-28-,37-35+,45-43+. The molecular weight excluding hydrogens is 808 g/mol. The molecule has 0 saturated heterocycles. The summed E-state index contributed by atoms with van der Waals surface area (Å²) in [5.41, 5.74) is 5.38. The average molecular weight is 911 g/mol. The van der Waals surface area contributed by atoms with Crippen molar-refractivity contribution in [3.8, 4) is 0 Å². The first-order valence-electron chi connectivity index (χ1n) is 26.7. The second kappa shape index (κ2) is 48.6. The number of phosphoric acid groups is 1. The van der Waals surface area contributed by atoms with E-state index in [1.807, 2.05) is 6.08 Å². The van der Waals surface area contributed by atoms with Crippen molar-refractivity contribution in [3.05, 3.63) is 36.5 Å². The van der Waals surface area contributed by atoms with Crippen molar-refractivity contribution in [2.45, 2.75) is 276 Å². The van der Waals surface area contributed by atoms with E-state index < -0.39 is 38.6 Å². The summed E-state index contributed by atoms with van der Waals surface area (Å²) in [5, 5.41) is 24.2. The number of carbonyl (C=O) groups excluding carboxylic acids is 1. The lowest BCUT2D eigenvalue weighted by molar-refractivity contribution is -0.124. The van der Waals surface area contributed by atoms with Gasteiger partial charge in [-0.3, -0.25) is 13.8 Å². The molecule has 1 amide bonds. The number of allylic oxidation sites excluding steroid dienone is 5. The van der Waals surface area contributed by atoms with Gasteiger partial charge >= 0.3 is 7.82 Å². The smallest absolute Gasteiger partial charge is 0.393 e. The number of aliphatic hydroxyl groups excluding tert-OH is 2. The van der Waals surface area contributed by atoms with Crippen LogP contribution in [0.5, 0.6) is 0 Å². The van der Waals surface area contributed by atoms with Crippen molar-refractivity contribution >= 4 is 13.7 Å². The zero-order valence-corrected chi connectivity index (χ0v) is 42.1. The van der Waals surface area contributed by atoms with Gasteiger partial charge in [0.1, 0.15) is 0 Å². The molecule has 0 radical (unpaired) electrons. The number of rotatable bonds is 50. The SMILES string of the molecule is CCCCCCCCCCCCC/C=C\CCCCCCCC(O)CC(=O)NC(COP(=O)(O)OCCN)C(O)/C=C/CC/C=C/CCCCCCCCCCCCCCCCC. The molecule has 0 bridgehead atoms. The van der Waals surface area contributed by atoms with Gasteiger partial charge in [0.2, 0.25) is 5.91 Å². The Kier molecular flexibility index (Phi) is 47.6. The first-order chi connectivity index (χ1) is 30.8. The van der Waals surface area contributed by atoms with Gasteiger partial charge in [-0.15, -0.1) is 0 Å². The van der Waals surface area contributed by atoms with Gasteiger partial charge in [0.05, 0.1) is 37.9 Å². The van der Waals surface area contributed by atoms with E-state index in [2.05, 4.69) is 43.5 Å². The Morgan fingerprint density at radius 1 is 0.540 bits per heavy atom. The van der Waals surface area contributed by atoms with Gasteiger partial charge < -0.3 is 26.2 Å². The number of carbonyl (C=O) groups is 1. The molecule has 4 atom stereocenters. The van der Waals surface area contributed by atoms with Crippen LogP contribution in [0.3, 0.4) is 0 Å². The molecule has 0 rings (SSSR count). The summed E-state index contributed by atoms with van der Waals surface area (Å²) in [6.45, 7) is 3.98. The fraction of sp³-hybridized carbons (Fsp3) is 0.868. The maximum atomic E-state index is 12.9. The molecule has 10 heteroatoms. The minimum atomic E-state index is -4.42. The minimum absolute atomic E-state index is 0.0438. The Labute approximate surface area is 389 Å². The highest BCUT2D eigenvalue weighted by molar-refractivity contribution is 7.47. The van der Waals surface area contributed by atoms with E-state index >= 15 is 0 Å². The Balaban J connectivity index is 4.22. The number of aliphatic hydroxyl groups is 2. The Morgan fingerprint density at radius 3 is 1.32 bits per heavy atom. The average Bonchev–Trinajstić information content (AvgIpc) is 3.26. The van der Waals surface area contributed by atoms with Crippen LogP contribution in [0.4, 0.5) is 0 Å². The van der Waals surface area contributed by atoms with Crippen LogP contribution < -0.4 is 11.1 Å². The summed E-state index contributed by atoms with van der Waals surface area (Å²) in [5.74, 6) is -0.458. The van der Waals surface area contributed by atoms with E-state index in [0.717, 1.165) is 44.9 Å². The van der Waals surface area contributed by atoms with E-state index in [1.54, 1.807) is 6.08 Å². The van der Waals surface area contributed by atoms with Gasteiger partial charge in [-0.2, -0.15) is 0 Å². The van der Waals surface area contributed by atoms with E-state index in [4.69, 9.17) is 14.8 Å². The van der Waals surface area contributed by atoms with Crippen molar-refractivity contribution in [3.63, 3.8) is 0 Å². The second-order valence-corrected chi connectivity index (χ2v) is 19.7. The van der Waals surface area contributed by atoms with Crippen LogP contribution in [0, 0.1) is 0 Å². The molecule has 9 nitrogen and oxygen atoms in total. The number of nitrogens with one attached hydrogen (secondary N) is 1. The topological polar surface area (TPSA) is 151 Å². The molecule has 0 aromatic heterocycles. The van der Waals surface area contributed by atoms with Crippen LogP contribution >= 0.6 is 7.82 Å². The van der Waals surface area contributed by atoms with Crippen molar-refractivity contribution < 1.29 is 33.5 Å². The molecule has 0 aliphatic carbocycles. The van der Waals surface area contributed by atoms with Crippen molar-refractivity contribution in [2.24, 2.45) is 5.73 Å². The van der Waals surface area contributed by atoms with Crippen LogP contribution in [0.2, 0.25) is 0 Å². The molecule has 0 aromatic carbocycles. The monoisotopic (exact) mass is 911 g/mol. The van der Waals surface area contributed by atoms with Crippen LogP contribution in [0.25, 0.3) is 0 Å². The Morgan fingerprint density at radius 2 is 0.905 bits per heavy atom. The Hall–Kier alpha value is -1.32. The fourth-order valence-electron chi connectivity index (χ4n) is 7.95. The summed E-state index contributed by atoms with van der Waals surface area (Å²) in [6, 6.07) is -1.00. The normalized spacial score (nSPS) is 14.6. The van der Waals surface area contributed by atoms with Gasteiger partial charge in [-0.25, -0.2) is 4.57 Å². The van der Waals surface area contributed by atoms with Crippen LogP contribution in [0.1, 0.15) is 258 Å². The Bertz CT molecular complexity index is 1100. The maximum absolute atomic E-state index is 12.9. The molecule has 0 spiro atoms. The van der Waals surface area contributed by atoms with Gasteiger partial charge in [0.25, 0.3) is 0 Å². The summed E-state index contributed by atoms with van der Waals surface area (Å²) in [4.78, 5) is 22.9. The van der Waals surface area contributed by atoms with Crippen LogP contribution in [-0.2, 0) is 18.4 Å². The molecule has 0 aromatic rings. The molecule has 0 saturated carbocycles. The van der Waals surface area contributed by atoms with Crippen molar-refractivity contribution in [2.75, 3.05) is 19.8 Å². The summed E-state index contributed by atoms with van der Waals surface area (Å²) < 4.78 is 22.2. The van der Waals surface area contributed by atoms with Gasteiger partial charge in [0, 0.05) is 6.54 Å². The highest BCUT2D eigenvalue weighted by atomic mass is 31.2. The van der Waals surface area contributed by atoms with E-state index in [0.29, 0.717) is 12.8 Å². The third-order valence-corrected chi connectivity index (χ3v) is 13.0. The van der Waals surface area contributed by atoms with Crippen molar-refractivity contribution in [1.29, 1.82) is 0 Å². The summed E-state index contributed by atoms with van der Waals surface area (Å²) in [6.07, 6.45) is 56.8. The van der Waals surface area contributed by atoms with E-state index in [9.17, 15) is 24.5 Å². The molecule has 6 N–H and O–H groups in total. The molecule has 0 aliphatic rings. The number of phosphoric ester groups is 1. The molecule has 0 heterocycles. The lowest BCUT2D eigenvalue weighted by Crippen LogP contribution is -2.46. The molecule has 0 aliphatic heterocycles. The first kappa shape index (κ1) is 61.7.